The third kappa shape index (κ3) is 5.93. The number of carbonyl (C=O) groups is 5. The Morgan fingerprint density at radius 1 is 1.00 bits per heavy atom. The Bertz CT molecular complexity index is 1520. The van der Waals surface area contributed by atoms with E-state index in [1.165, 1.54) is 18.3 Å². The monoisotopic (exact) mass is 620 g/mol. The zero-order chi connectivity index (χ0) is 30.6. The van der Waals surface area contributed by atoms with Gasteiger partial charge in [-0.2, -0.15) is 0 Å². The molecule has 2 amide bonds. The van der Waals surface area contributed by atoms with Gasteiger partial charge in [0.15, 0.2) is 6.10 Å². The van der Waals surface area contributed by atoms with Crippen LogP contribution in [0.3, 0.4) is 0 Å². The SMILES string of the molecule is COC(=O)[C@@]1(NC(=O)Cc2cccs2)C(=O)N2C(C(=O)OC(c3ccccc3)c3ccccc3)=C(COC(C)=O)CS[C@@H]21. The van der Waals surface area contributed by atoms with Gasteiger partial charge >= 0.3 is 17.9 Å². The Kier molecular flexibility index (Phi) is 8.97. The van der Waals surface area contributed by atoms with Gasteiger partial charge in [-0.05, 0) is 22.6 Å². The summed E-state index contributed by atoms with van der Waals surface area (Å²) in [5, 5.41) is 3.42. The largest absolute Gasteiger partial charge is 0.467 e. The topological polar surface area (TPSA) is 128 Å². The van der Waals surface area contributed by atoms with E-state index >= 15 is 0 Å². The highest BCUT2D eigenvalue weighted by atomic mass is 32.2. The number of thiophene rings is 1. The highest BCUT2D eigenvalue weighted by molar-refractivity contribution is 8.00. The van der Waals surface area contributed by atoms with E-state index in [1.807, 2.05) is 66.0 Å². The molecule has 222 valence electrons. The van der Waals surface area contributed by atoms with Crippen molar-refractivity contribution in [3.63, 3.8) is 0 Å². The number of nitrogens with one attached hydrogen (secondary N) is 1. The molecule has 3 heterocycles. The predicted octanol–water partition coefficient (Wildman–Crippen LogP) is 3.38. The van der Waals surface area contributed by atoms with E-state index in [0.29, 0.717) is 16.7 Å². The lowest BCUT2D eigenvalue weighted by molar-refractivity contribution is -0.175. The van der Waals surface area contributed by atoms with E-state index in [4.69, 9.17) is 14.2 Å². The van der Waals surface area contributed by atoms with Crippen LogP contribution >= 0.6 is 23.1 Å². The fourth-order valence-corrected chi connectivity index (χ4v) is 7.14. The molecule has 1 N–H and O–H groups in total. The van der Waals surface area contributed by atoms with Crippen molar-refractivity contribution in [3.8, 4) is 0 Å². The number of hydrogen-bond acceptors (Lipinski definition) is 10. The lowest BCUT2D eigenvalue weighted by atomic mass is 9.85. The van der Waals surface area contributed by atoms with Crippen molar-refractivity contribution >= 4 is 52.8 Å². The molecule has 2 aliphatic heterocycles. The molecular weight excluding hydrogens is 592 g/mol. The van der Waals surface area contributed by atoms with Gasteiger partial charge in [0.1, 0.15) is 17.7 Å². The van der Waals surface area contributed by atoms with Crippen LogP contribution in [0, 0.1) is 0 Å². The minimum Gasteiger partial charge on any atom is -0.467 e. The summed E-state index contributed by atoms with van der Waals surface area (Å²) in [7, 11) is 1.13. The number of methoxy groups -OCH3 is 1. The molecule has 0 saturated carbocycles. The molecule has 2 atom stereocenters. The van der Waals surface area contributed by atoms with Crippen LogP contribution in [-0.4, -0.2) is 65.0 Å². The van der Waals surface area contributed by atoms with Crippen molar-refractivity contribution in [2.45, 2.75) is 30.4 Å². The summed E-state index contributed by atoms with van der Waals surface area (Å²) in [4.78, 5) is 67.6. The number of rotatable bonds is 10. The van der Waals surface area contributed by atoms with Crippen molar-refractivity contribution in [1.82, 2.24) is 10.2 Å². The third-order valence-corrected chi connectivity index (χ3v) is 9.26. The standard InChI is InChI=1S/C31H28N2O8S2/c1-19(34)40-17-22-18-43-29-31(30(38)39-2,32-24(35)16-23-14-9-15-42-23)28(37)33(29)25(22)27(36)41-26(20-10-5-3-6-11-20)21-12-7-4-8-13-21/h3-15,26,29H,16-18H2,1-2H3,(H,32,35)/t29-,31-/m1/s1. The zero-order valence-corrected chi connectivity index (χ0v) is 24.9. The third-order valence-electron chi connectivity index (χ3n) is 6.98. The van der Waals surface area contributed by atoms with Crippen LogP contribution in [0.2, 0.25) is 0 Å². The lowest BCUT2D eigenvalue weighted by Crippen LogP contribution is -2.83. The van der Waals surface area contributed by atoms with Crippen molar-refractivity contribution < 1.29 is 38.2 Å². The average molecular weight is 621 g/mol. The van der Waals surface area contributed by atoms with Crippen LogP contribution in [-0.2, 0) is 44.6 Å². The Morgan fingerprint density at radius 3 is 2.21 bits per heavy atom. The van der Waals surface area contributed by atoms with Gasteiger partial charge in [-0.25, -0.2) is 9.59 Å². The molecule has 0 unspecified atom stereocenters. The highest BCUT2D eigenvalue weighted by Gasteiger charge is 2.71. The molecule has 12 heteroatoms. The van der Waals surface area contributed by atoms with E-state index in [1.54, 1.807) is 12.1 Å². The number of fused-ring (bicyclic) bond motifs is 1. The fraction of sp³-hybridized carbons (Fsp3) is 0.258. The summed E-state index contributed by atoms with van der Waals surface area (Å²) in [5.74, 6) is -3.64. The van der Waals surface area contributed by atoms with Gasteiger partial charge in [0.2, 0.25) is 11.4 Å². The number of carbonyl (C=O) groups excluding carboxylic acids is 5. The number of hydrogen-bond donors (Lipinski definition) is 1. The number of β-lactam (4-membered cyclic amide) rings is 1. The molecule has 0 bridgehead atoms. The number of ether oxygens (including phenoxy) is 3. The smallest absolute Gasteiger partial charge is 0.356 e. The van der Waals surface area contributed by atoms with E-state index in [0.717, 1.165) is 28.6 Å². The first-order valence-corrected chi connectivity index (χ1v) is 15.2. The number of benzene rings is 2. The number of amides is 2. The van der Waals surface area contributed by atoms with Gasteiger partial charge in [0.05, 0.1) is 13.5 Å². The van der Waals surface area contributed by atoms with Gasteiger partial charge < -0.3 is 19.5 Å². The minimum absolute atomic E-state index is 0.0423. The molecule has 1 saturated heterocycles. The minimum atomic E-state index is -2.05. The first kappa shape index (κ1) is 30.1. The number of nitrogens with zero attached hydrogens (tertiary/aromatic N) is 1. The normalized spacial score (nSPS) is 19.3. The molecule has 0 radical (unpaired) electrons. The molecule has 10 nitrogen and oxygen atoms in total. The molecular formula is C31H28N2O8S2. The summed E-state index contributed by atoms with van der Waals surface area (Å²) in [6.45, 7) is 0.971. The number of thioether (sulfide) groups is 1. The van der Waals surface area contributed by atoms with Crippen molar-refractivity contribution in [2.24, 2.45) is 0 Å². The van der Waals surface area contributed by atoms with Crippen molar-refractivity contribution in [2.75, 3.05) is 19.5 Å². The van der Waals surface area contributed by atoms with Crippen LogP contribution in [0.5, 0.6) is 0 Å². The molecule has 3 aromatic rings. The van der Waals surface area contributed by atoms with Crippen LogP contribution in [0.1, 0.15) is 29.0 Å². The molecule has 1 fully saturated rings. The average Bonchev–Trinajstić information content (AvgIpc) is 3.54. The first-order valence-electron chi connectivity index (χ1n) is 13.3. The maximum atomic E-state index is 14.0. The molecule has 2 aliphatic rings. The molecule has 0 aliphatic carbocycles. The Morgan fingerprint density at radius 2 is 1.65 bits per heavy atom. The zero-order valence-electron chi connectivity index (χ0n) is 23.3. The second-order valence-corrected chi connectivity index (χ2v) is 11.9. The molecule has 0 spiro atoms. The summed E-state index contributed by atoms with van der Waals surface area (Å²) < 4.78 is 16.3. The molecule has 43 heavy (non-hydrogen) atoms. The van der Waals surface area contributed by atoms with Gasteiger partial charge in [0, 0.05) is 23.1 Å². The summed E-state index contributed by atoms with van der Waals surface area (Å²) >= 11 is 2.51. The maximum Gasteiger partial charge on any atom is 0.356 e. The van der Waals surface area contributed by atoms with Crippen molar-refractivity contribution in [3.05, 3.63) is 105 Å². The Hall–Kier alpha value is -4.42. The van der Waals surface area contributed by atoms with E-state index in [-0.39, 0.29) is 24.5 Å². The van der Waals surface area contributed by atoms with Gasteiger partial charge in [-0.3, -0.25) is 19.3 Å². The van der Waals surface area contributed by atoms with E-state index in [2.05, 4.69) is 5.32 Å². The fourth-order valence-electron chi connectivity index (χ4n) is 5.01. The van der Waals surface area contributed by atoms with Gasteiger partial charge in [0.25, 0.3) is 5.91 Å². The predicted molar refractivity (Wildman–Crippen MR) is 158 cm³/mol. The van der Waals surface area contributed by atoms with Crippen molar-refractivity contribution in [1.29, 1.82) is 0 Å². The lowest BCUT2D eigenvalue weighted by Gasteiger charge is -2.55. The summed E-state index contributed by atoms with van der Waals surface area (Å²) in [6, 6.07) is 21.8. The molecule has 1 aromatic heterocycles. The molecule has 2 aromatic carbocycles. The highest BCUT2D eigenvalue weighted by Crippen LogP contribution is 2.47. The second-order valence-electron chi connectivity index (χ2n) is 9.78. The summed E-state index contributed by atoms with van der Waals surface area (Å²) in [5.41, 5.74) is -0.460. The first-order chi connectivity index (χ1) is 20.8. The Balaban J connectivity index is 1.49. The summed E-state index contributed by atoms with van der Waals surface area (Å²) in [6.07, 6.45) is -0.864. The number of esters is 3. The van der Waals surface area contributed by atoms with Gasteiger partial charge in [-0.1, -0.05) is 66.7 Å². The maximum absolute atomic E-state index is 14.0. The quantitative estimate of drug-likeness (QED) is 0.157. The van der Waals surface area contributed by atoms with Crippen LogP contribution in [0.25, 0.3) is 0 Å². The van der Waals surface area contributed by atoms with Crippen LogP contribution in [0.4, 0.5) is 0 Å². The molecule has 5 rings (SSSR count). The van der Waals surface area contributed by atoms with E-state index < -0.39 is 46.7 Å². The van der Waals surface area contributed by atoms with Crippen LogP contribution < -0.4 is 5.32 Å². The Labute approximate surface area is 256 Å². The second kappa shape index (κ2) is 12.8. The van der Waals surface area contributed by atoms with Gasteiger partial charge in [-0.15, -0.1) is 23.1 Å². The van der Waals surface area contributed by atoms with Crippen LogP contribution in [0.15, 0.2) is 89.4 Å². The van der Waals surface area contributed by atoms with E-state index in [9.17, 15) is 24.0 Å².